The number of aldehydes is 1. The molecule has 0 aromatic rings. The summed E-state index contributed by atoms with van der Waals surface area (Å²) < 4.78 is 0. The number of amides is 1. The molecular weight excluding hydrogens is 226 g/mol. The van der Waals surface area contributed by atoms with Crippen LogP contribution in [0.3, 0.4) is 0 Å². The van der Waals surface area contributed by atoms with E-state index in [1.54, 1.807) is 18.2 Å². The molecule has 0 heterocycles. The molecule has 0 aromatic carbocycles. The fraction of sp³-hybridized carbons (Fsp3) is 0.467. The van der Waals surface area contributed by atoms with E-state index < -0.39 is 0 Å². The third-order valence-electron chi connectivity index (χ3n) is 1.48. The number of carbonyl (C=O) groups excluding carboxylic acids is 2. The average molecular weight is 253 g/mol. The number of hydrogen-bond acceptors (Lipinski definition) is 2. The van der Waals surface area contributed by atoms with Gasteiger partial charge in [-0.05, 0) is 6.92 Å². The Labute approximate surface area is 112 Å². The Morgan fingerprint density at radius 3 is 2.00 bits per heavy atom. The first kappa shape index (κ1) is 21.6. The zero-order chi connectivity index (χ0) is 15.0. The Kier molecular flexibility index (Phi) is 21.3. The van der Waals surface area contributed by atoms with Gasteiger partial charge >= 0.3 is 0 Å². The maximum atomic E-state index is 10.6. The highest BCUT2D eigenvalue weighted by Gasteiger charge is 1.94. The highest BCUT2D eigenvalue weighted by molar-refractivity contribution is 5.78. The van der Waals surface area contributed by atoms with Gasteiger partial charge in [-0.2, -0.15) is 0 Å². The molecule has 0 bridgehead atoms. The Morgan fingerprint density at radius 1 is 1.17 bits per heavy atom. The Balaban J connectivity index is -0.000000506. The van der Waals surface area contributed by atoms with Crippen molar-refractivity contribution in [2.24, 2.45) is 0 Å². The van der Waals surface area contributed by atoms with Crippen LogP contribution in [0.25, 0.3) is 0 Å². The van der Waals surface area contributed by atoms with Gasteiger partial charge in [-0.15, -0.1) is 0 Å². The van der Waals surface area contributed by atoms with Gasteiger partial charge in [0.15, 0.2) is 0 Å². The summed E-state index contributed by atoms with van der Waals surface area (Å²) in [6, 6.07) is 0. The van der Waals surface area contributed by atoms with Crippen molar-refractivity contribution in [2.75, 3.05) is 6.54 Å². The monoisotopic (exact) mass is 253 g/mol. The molecule has 104 valence electrons. The zero-order valence-corrected chi connectivity index (χ0v) is 12.5. The van der Waals surface area contributed by atoms with Gasteiger partial charge in [-0.1, -0.05) is 58.1 Å². The molecule has 18 heavy (non-hydrogen) atoms. The maximum Gasteiger partial charge on any atom is 0.217 e. The number of carbonyl (C=O) groups is 2. The summed E-state index contributed by atoms with van der Waals surface area (Å²) in [6.07, 6.45) is 5.62. The lowest BCUT2D eigenvalue weighted by atomic mass is 10.2. The first-order chi connectivity index (χ1) is 8.60. The van der Waals surface area contributed by atoms with Crippen LogP contribution in [0.2, 0.25) is 0 Å². The maximum absolute atomic E-state index is 10.6. The van der Waals surface area contributed by atoms with E-state index in [0.29, 0.717) is 12.1 Å². The van der Waals surface area contributed by atoms with Gasteiger partial charge in [0.25, 0.3) is 0 Å². The molecule has 1 amide bonds. The third-order valence-corrected chi connectivity index (χ3v) is 1.48. The van der Waals surface area contributed by atoms with Crippen molar-refractivity contribution in [3.05, 3.63) is 36.0 Å². The second-order valence-electron chi connectivity index (χ2n) is 2.92. The van der Waals surface area contributed by atoms with Crippen molar-refractivity contribution < 1.29 is 9.59 Å². The molecule has 0 spiro atoms. The summed E-state index contributed by atoms with van der Waals surface area (Å²) in [5, 5.41) is 2.64. The molecule has 0 unspecified atom stereocenters. The van der Waals surface area contributed by atoms with Gasteiger partial charge in [-0.25, -0.2) is 0 Å². The lowest BCUT2D eigenvalue weighted by molar-refractivity contribution is -0.118. The zero-order valence-electron chi connectivity index (χ0n) is 12.5. The molecule has 0 atom stereocenters. The fourth-order valence-electron chi connectivity index (χ4n) is 0.857. The van der Waals surface area contributed by atoms with Crippen LogP contribution in [-0.4, -0.2) is 18.7 Å². The molecule has 3 nitrogen and oxygen atoms in total. The quantitative estimate of drug-likeness (QED) is 0.463. The van der Waals surface area contributed by atoms with Gasteiger partial charge in [0.1, 0.15) is 6.29 Å². The van der Waals surface area contributed by atoms with Crippen molar-refractivity contribution in [2.45, 2.75) is 41.5 Å². The molecule has 0 saturated carbocycles. The van der Waals surface area contributed by atoms with Crippen LogP contribution < -0.4 is 5.32 Å². The minimum atomic E-state index is -0.0851. The molecule has 0 aliphatic rings. The van der Waals surface area contributed by atoms with Crippen molar-refractivity contribution in [3.8, 4) is 0 Å². The highest BCUT2D eigenvalue weighted by Crippen LogP contribution is 1.99. The molecule has 0 aromatic heterocycles. The van der Waals surface area contributed by atoms with Crippen LogP contribution in [0.15, 0.2) is 36.0 Å². The average Bonchev–Trinajstić information content (AvgIpc) is 2.40. The van der Waals surface area contributed by atoms with Crippen LogP contribution in [-0.2, 0) is 9.59 Å². The van der Waals surface area contributed by atoms with Crippen LogP contribution in [0, 0.1) is 0 Å². The minimum Gasteiger partial charge on any atom is -0.353 e. The predicted molar refractivity (Wildman–Crippen MR) is 79.5 cm³/mol. The molecule has 0 aliphatic heterocycles. The van der Waals surface area contributed by atoms with Crippen LogP contribution in [0.1, 0.15) is 41.5 Å². The first-order valence-corrected chi connectivity index (χ1v) is 6.29. The smallest absolute Gasteiger partial charge is 0.217 e. The van der Waals surface area contributed by atoms with E-state index in [-0.39, 0.29) is 5.91 Å². The Bertz CT molecular complexity index is 289. The van der Waals surface area contributed by atoms with Crippen molar-refractivity contribution >= 4 is 12.2 Å². The van der Waals surface area contributed by atoms with Gasteiger partial charge in [0.2, 0.25) is 5.91 Å². The summed E-state index contributed by atoms with van der Waals surface area (Å²) in [4.78, 5) is 21.1. The van der Waals surface area contributed by atoms with Crippen LogP contribution in [0.5, 0.6) is 0 Å². The third kappa shape index (κ3) is 16.8. The summed E-state index contributed by atoms with van der Waals surface area (Å²) in [5.41, 5.74) is 1.46. The lowest BCUT2D eigenvalue weighted by Gasteiger charge is -2.01. The van der Waals surface area contributed by atoms with Gasteiger partial charge in [0, 0.05) is 19.0 Å². The largest absolute Gasteiger partial charge is 0.353 e. The first-order valence-electron chi connectivity index (χ1n) is 6.29. The molecule has 0 saturated heterocycles. The van der Waals surface area contributed by atoms with Crippen molar-refractivity contribution in [1.82, 2.24) is 5.32 Å². The molecule has 1 N–H and O–H groups in total. The molecule has 0 fully saturated rings. The number of rotatable bonds is 5. The van der Waals surface area contributed by atoms with E-state index in [0.717, 1.165) is 11.9 Å². The van der Waals surface area contributed by atoms with E-state index in [1.165, 1.54) is 6.92 Å². The normalized spacial score (nSPS) is 10.1. The van der Waals surface area contributed by atoms with Gasteiger partial charge in [0.05, 0.1) is 0 Å². The van der Waals surface area contributed by atoms with E-state index in [1.807, 2.05) is 34.6 Å². The molecule has 0 aliphatic carbocycles. The summed E-state index contributed by atoms with van der Waals surface area (Å²) in [5.74, 6) is -0.0851. The molecule has 3 heteroatoms. The minimum absolute atomic E-state index is 0.0851. The van der Waals surface area contributed by atoms with Crippen LogP contribution in [0.4, 0.5) is 0 Å². The summed E-state index contributed by atoms with van der Waals surface area (Å²) in [7, 11) is 0. The predicted octanol–water partition coefficient (Wildman–Crippen LogP) is 3.43. The van der Waals surface area contributed by atoms with E-state index >= 15 is 0 Å². The topological polar surface area (TPSA) is 46.2 Å². The van der Waals surface area contributed by atoms with E-state index in [2.05, 4.69) is 11.9 Å². The highest BCUT2D eigenvalue weighted by atomic mass is 16.1. The van der Waals surface area contributed by atoms with Gasteiger partial charge < -0.3 is 5.32 Å². The lowest BCUT2D eigenvalue weighted by Crippen LogP contribution is -2.21. The Morgan fingerprint density at radius 2 is 1.67 bits per heavy atom. The second-order valence-corrected chi connectivity index (χ2v) is 2.92. The fourth-order valence-corrected chi connectivity index (χ4v) is 0.857. The van der Waals surface area contributed by atoms with Crippen LogP contribution >= 0.6 is 0 Å². The number of nitrogens with one attached hydrogen (secondary N) is 1. The molecule has 0 radical (unpaired) electrons. The summed E-state index contributed by atoms with van der Waals surface area (Å²) >= 11 is 0. The number of hydrogen-bond donors (Lipinski definition) is 1. The number of allylic oxidation sites excluding steroid dienone is 4. The van der Waals surface area contributed by atoms with Gasteiger partial charge in [-0.3, -0.25) is 9.59 Å². The SMILES string of the molecule is C=C/C=C(C=O)\C=C(/C)CNC(C)=O.CC.CC. The Hall–Kier alpha value is -1.64. The summed E-state index contributed by atoms with van der Waals surface area (Å²) in [6.45, 7) is 15.2. The molecular formula is C15H27NO2. The van der Waals surface area contributed by atoms with Crippen molar-refractivity contribution in [1.29, 1.82) is 0 Å². The van der Waals surface area contributed by atoms with E-state index in [9.17, 15) is 9.59 Å². The molecule has 0 rings (SSSR count). The second kappa shape index (κ2) is 17.7. The van der Waals surface area contributed by atoms with E-state index in [4.69, 9.17) is 0 Å². The van der Waals surface area contributed by atoms with Crippen molar-refractivity contribution in [3.63, 3.8) is 0 Å². The standard InChI is InChI=1S/C11H15NO2.2C2H6/c1-4-5-11(8-13)6-9(2)7-12-10(3)14;2*1-2/h4-6,8H,1,7H2,2-3H3,(H,12,14);2*1-2H3/b9-6+,11-5+;;.